The molecule has 1 amide bonds. The monoisotopic (exact) mass is 343 g/mol. The van der Waals surface area contributed by atoms with Crippen LogP contribution < -0.4 is 5.32 Å². The molecule has 0 fully saturated rings. The molecule has 0 aliphatic rings. The van der Waals surface area contributed by atoms with Crippen LogP contribution in [-0.2, 0) is 11.2 Å². The second-order valence-electron chi connectivity index (χ2n) is 4.99. The van der Waals surface area contributed by atoms with Gasteiger partial charge in [-0.2, -0.15) is 0 Å². The maximum absolute atomic E-state index is 11.8. The molecule has 0 aliphatic carbocycles. The molecule has 3 aromatic rings. The Morgan fingerprint density at radius 1 is 1.17 bits per heavy atom. The summed E-state index contributed by atoms with van der Waals surface area (Å²) >= 11 is 3.18. The van der Waals surface area contributed by atoms with E-state index in [0.717, 1.165) is 28.4 Å². The highest BCUT2D eigenvalue weighted by molar-refractivity contribution is 7.99. The van der Waals surface area contributed by atoms with Crippen LogP contribution in [0, 0.1) is 0 Å². The largest absolute Gasteiger partial charge is 0.355 e. The zero-order valence-electron chi connectivity index (χ0n) is 12.6. The number of pyridine rings is 1. The van der Waals surface area contributed by atoms with E-state index in [-0.39, 0.29) is 5.91 Å². The number of carbonyl (C=O) groups is 1. The first-order valence-electron chi connectivity index (χ1n) is 7.46. The first kappa shape index (κ1) is 16.0. The Labute approximate surface area is 143 Å². The summed E-state index contributed by atoms with van der Waals surface area (Å²) in [5.74, 6) is 0.447. The van der Waals surface area contributed by atoms with Gasteiger partial charge in [-0.15, -0.1) is 11.3 Å². The minimum Gasteiger partial charge on any atom is -0.355 e. The number of para-hydroxylation sites is 1. The van der Waals surface area contributed by atoms with E-state index in [9.17, 15) is 4.79 Å². The molecule has 0 aliphatic heterocycles. The SMILES string of the molecule is O=C(CSc1ccccn1)NCCCc1nc2ccccc2s1. The molecule has 0 spiro atoms. The molecule has 2 heterocycles. The Morgan fingerprint density at radius 3 is 2.87 bits per heavy atom. The maximum Gasteiger partial charge on any atom is 0.230 e. The van der Waals surface area contributed by atoms with Crippen LogP contribution in [0.3, 0.4) is 0 Å². The number of nitrogens with one attached hydrogen (secondary N) is 1. The molecule has 0 saturated carbocycles. The fourth-order valence-electron chi connectivity index (χ4n) is 2.12. The van der Waals surface area contributed by atoms with E-state index in [4.69, 9.17) is 0 Å². The minimum absolute atomic E-state index is 0.0463. The summed E-state index contributed by atoms with van der Waals surface area (Å²) in [6, 6.07) is 13.9. The van der Waals surface area contributed by atoms with Crippen molar-refractivity contribution in [3.05, 3.63) is 53.7 Å². The summed E-state index contributed by atoms with van der Waals surface area (Å²) in [7, 11) is 0. The molecular weight excluding hydrogens is 326 g/mol. The minimum atomic E-state index is 0.0463. The highest BCUT2D eigenvalue weighted by Crippen LogP contribution is 2.22. The van der Waals surface area contributed by atoms with Gasteiger partial charge >= 0.3 is 0 Å². The van der Waals surface area contributed by atoms with E-state index in [1.54, 1.807) is 17.5 Å². The molecule has 1 aromatic carbocycles. The van der Waals surface area contributed by atoms with Crippen molar-refractivity contribution in [2.45, 2.75) is 17.9 Å². The topological polar surface area (TPSA) is 54.9 Å². The fraction of sp³-hybridized carbons (Fsp3) is 0.235. The lowest BCUT2D eigenvalue weighted by atomic mass is 10.3. The van der Waals surface area contributed by atoms with Gasteiger partial charge < -0.3 is 5.32 Å². The highest BCUT2D eigenvalue weighted by Gasteiger charge is 2.05. The third-order valence-electron chi connectivity index (χ3n) is 3.22. The Bertz CT molecular complexity index is 741. The second-order valence-corrected chi connectivity index (χ2v) is 7.10. The molecule has 1 N–H and O–H groups in total. The van der Waals surface area contributed by atoms with Crippen LogP contribution in [-0.4, -0.2) is 28.2 Å². The van der Waals surface area contributed by atoms with Gasteiger partial charge in [0.1, 0.15) is 0 Å². The molecule has 0 saturated heterocycles. The summed E-state index contributed by atoms with van der Waals surface area (Å²) < 4.78 is 1.22. The molecular formula is C17H17N3OS2. The Morgan fingerprint density at radius 2 is 2.04 bits per heavy atom. The third kappa shape index (κ3) is 4.77. The molecule has 0 unspecified atom stereocenters. The molecule has 0 bridgehead atoms. The maximum atomic E-state index is 11.8. The number of fused-ring (bicyclic) bond motifs is 1. The highest BCUT2D eigenvalue weighted by atomic mass is 32.2. The molecule has 118 valence electrons. The van der Waals surface area contributed by atoms with Gasteiger partial charge in [0.15, 0.2) is 0 Å². The average molecular weight is 343 g/mol. The van der Waals surface area contributed by atoms with Crippen molar-refractivity contribution in [2.24, 2.45) is 0 Å². The molecule has 0 atom stereocenters. The van der Waals surface area contributed by atoms with Gasteiger partial charge in [-0.25, -0.2) is 9.97 Å². The summed E-state index contributed by atoms with van der Waals surface area (Å²) in [5, 5.41) is 4.95. The van der Waals surface area contributed by atoms with Crippen LogP contribution in [0.4, 0.5) is 0 Å². The van der Waals surface area contributed by atoms with E-state index in [1.165, 1.54) is 16.5 Å². The van der Waals surface area contributed by atoms with Crippen molar-refractivity contribution in [3.63, 3.8) is 0 Å². The van der Waals surface area contributed by atoms with Crippen LogP contribution in [0.15, 0.2) is 53.7 Å². The number of thioether (sulfide) groups is 1. The number of nitrogens with zero attached hydrogens (tertiary/aromatic N) is 2. The molecule has 3 rings (SSSR count). The van der Waals surface area contributed by atoms with Crippen LogP contribution in [0.25, 0.3) is 10.2 Å². The van der Waals surface area contributed by atoms with Crippen LogP contribution in [0.2, 0.25) is 0 Å². The number of hydrogen-bond donors (Lipinski definition) is 1. The number of carbonyl (C=O) groups excluding carboxylic acids is 1. The first-order valence-corrected chi connectivity index (χ1v) is 9.26. The van der Waals surface area contributed by atoms with Crippen molar-refractivity contribution >= 4 is 39.2 Å². The molecule has 6 heteroatoms. The van der Waals surface area contributed by atoms with Gasteiger partial charge in [0.25, 0.3) is 0 Å². The van der Waals surface area contributed by atoms with Crippen molar-refractivity contribution in [2.75, 3.05) is 12.3 Å². The Kier molecular flexibility index (Phi) is 5.60. The van der Waals surface area contributed by atoms with Gasteiger partial charge in [-0.3, -0.25) is 4.79 Å². The lowest BCUT2D eigenvalue weighted by Crippen LogP contribution is -2.26. The molecule has 2 aromatic heterocycles. The van der Waals surface area contributed by atoms with Crippen molar-refractivity contribution in [1.29, 1.82) is 0 Å². The summed E-state index contributed by atoms with van der Waals surface area (Å²) in [6.45, 7) is 0.678. The number of benzene rings is 1. The first-order chi connectivity index (χ1) is 11.3. The average Bonchev–Trinajstić information content (AvgIpc) is 3.00. The van der Waals surface area contributed by atoms with Crippen LogP contribution >= 0.6 is 23.1 Å². The lowest BCUT2D eigenvalue weighted by molar-refractivity contribution is -0.118. The second kappa shape index (κ2) is 8.08. The Hall–Kier alpha value is -1.92. The van der Waals surface area contributed by atoms with Crippen LogP contribution in [0.5, 0.6) is 0 Å². The lowest BCUT2D eigenvalue weighted by Gasteiger charge is -2.04. The van der Waals surface area contributed by atoms with E-state index < -0.39 is 0 Å². The smallest absolute Gasteiger partial charge is 0.230 e. The van der Waals surface area contributed by atoms with Crippen molar-refractivity contribution < 1.29 is 4.79 Å². The van der Waals surface area contributed by atoms with E-state index in [0.29, 0.717) is 12.3 Å². The number of rotatable bonds is 7. The standard InChI is InChI=1S/C17H17N3OS2/c21-15(12-22-16-8-3-4-10-19-16)18-11-5-9-17-20-13-6-1-2-7-14(13)23-17/h1-4,6-8,10H,5,9,11-12H2,(H,18,21). The van der Waals surface area contributed by atoms with Crippen molar-refractivity contribution in [1.82, 2.24) is 15.3 Å². The number of amides is 1. The predicted molar refractivity (Wildman–Crippen MR) is 95.9 cm³/mol. The summed E-state index contributed by atoms with van der Waals surface area (Å²) in [5.41, 5.74) is 1.06. The van der Waals surface area contributed by atoms with E-state index in [1.807, 2.05) is 36.4 Å². The number of thiazole rings is 1. The van der Waals surface area contributed by atoms with Crippen molar-refractivity contribution in [3.8, 4) is 0 Å². The van der Waals surface area contributed by atoms with Gasteiger partial charge in [-0.1, -0.05) is 30.0 Å². The number of aromatic nitrogens is 2. The normalized spacial score (nSPS) is 10.8. The van der Waals surface area contributed by atoms with E-state index >= 15 is 0 Å². The van der Waals surface area contributed by atoms with Gasteiger partial charge in [0.05, 0.1) is 26.0 Å². The quantitative estimate of drug-likeness (QED) is 0.527. The zero-order chi connectivity index (χ0) is 15.9. The van der Waals surface area contributed by atoms with Gasteiger partial charge in [0.2, 0.25) is 5.91 Å². The number of aryl methyl sites for hydroxylation is 1. The van der Waals surface area contributed by atoms with Gasteiger partial charge in [0, 0.05) is 19.2 Å². The fourth-order valence-corrected chi connectivity index (χ4v) is 3.82. The molecule has 0 radical (unpaired) electrons. The summed E-state index contributed by atoms with van der Waals surface area (Å²) in [4.78, 5) is 20.6. The summed E-state index contributed by atoms with van der Waals surface area (Å²) in [6.07, 6.45) is 3.53. The Balaban J connectivity index is 1.37. The van der Waals surface area contributed by atoms with Crippen LogP contribution in [0.1, 0.15) is 11.4 Å². The molecule has 23 heavy (non-hydrogen) atoms. The van der Waals surface area contributed by atoms with E-state index in [2.05, 4.69) is 21.4 Å². The number of hydrogen-bond acceptors (Lipinski definition) is 5. The third-order valence-corrected chi connectivity index (χ3v) is 5.26. The predicted octanol–water partition coefficient (Wildman–Crippen LogP) is 3.53. The molecule has 4 nitrogen and oxygen atoms in total. The zero-order valence-corrected chi connectivity index (χ0v) is 14.2. The van der Waals surface area contributed by atoms with Gasteiger partial charge in [-0.05, 0) is 30.7 Å².